The van der Waals surface area contributed by atoms with Gasteiger partial charge in [-0.2, -0.15) is 0 Å². The van der Waals surface area contributed by atoms with Crippen LogP contribution in [0.5, 0.6) is 0 Å². The van der Waals surface area contributed by atoms with E-state index in [1.807, 2.05) is 24.3 Å². The smallest absolute Gasteiger partial charge is 0.159 e. The topological polar surface area (TPSA) is 26.0 Å². The highest BCUT2D eigenvalue weighted by atomic mass is 32.2. The zero-order valence-electron chi connectivity index (χ0n) is 8.99. The first-order chi connectivity index (χ1) is 8.15. The molecule has 2 aromatic carbocycles. The number of anilines is 1. The Morgan fingerprint density at radius 3 is 2.29 bits per heavy atom. The lowest BCUT2D eigenvalue weighted by Gasteiger charge is -2.03. The van der Waals surface area contributed by atoms with Gasteiger partial charge in [-0.15, -0.1) is 11.8 Å². The Balaban J connectivity index is 2.02. The van der Waals surface area contributed by atoms with Crippen LogP contribution in [-0.4, -0.2) is 0 Å². The molecule has 0 bridgehead atoms. The van der Waals surface area contributed by atoms with Crippen LogP contribution in [-0.2, 0) is 5.75 Å². The molecule has 0 aliphatic carbocycles. The van der Waals surface area contributed by atoms with Crippen LogP contribution < -0.4 is 5.73 Å². The van der Waals surface area contributed by atoms with Crippen molar-refractivity contribution in [1.82, 2.24) is 0 Å². The zero-order valence-corrected chi connectivity index (χ0v) is 9.81. The third-order valence-electron chi connectivity index (χ3n) is 2.28. The van der Waals surface area contributed by atoms with Crippen molar-refractivity contribution in [3.8, 4) is 0 Å². The first-order valence-corrected chi connectivity index (χ1v) is 6.06. The maximum atomic E-state index is 13.0. The third-order valence-corrected chi connectivity index (χ3v) is 3.34. The number of rotatable bonds is 3. The van der Waals surface area contributed by atoms with E-state index in [1.165, 1.54) is 17.8 Å². The van der Waals surface area contributed by atoms with E-state index >= 15 is 0 Å². The molecule has 17 heavy (non-hydrogen) atoms. The van der Waals surface area contributed by atoms with Crippen LogP contribution in [0.4, 0.5) is 14.5 Å². The standard InChI is InChI=1S/C13H11F2NS/c14-12-6-5-11(7-13(12)15)17-8-9-1-3-10(16)4-2-9/h1-7H,8,16H2. The van der Waals surface area contributed by atoms with E-state index in [0.29, 0.717) is 16.3 Å². The van der Waals surface area contributed by atoms with Crippen molar-refractivity contribution < 1.29 is 8.78 Å². The van der Waals surface area contributed by atoms with Gasteiger partial charge in [0, 0.05) is 16.3 Å². The van der Waals surface area contributed by atoms with Gasteiger partial charge in [-0.1, -0.05) is 12.1 Å². The quantitative estimate of drug-likeness (QED) is 0.662. The molecule has 4 heteroatoms. The van der Waals surface area contributed by atoms with E-state index in [4.69, 9.17) is 5.73 Å². The fourth-order valence-electron chi connectivity index (χ4n) is 1.35. The van der Waals surface area contributed by atoms with Crippen LogP contribution in [0.3, 0.4) is 0 Å². The fraction of sp³-hybridized carbons (Fsp3) is 0.0769. The molecule has 0 fully saturated rings. The number of benzene rings is 2. The van der Waals surface area contributed by atoms with E-state index < -0.39 is 11.6 Å². The van der Waals surface area contributed by atoms with Gasteiger partial charge in [0.2, 0.25) is 0 Å². The van der Waals surface area contributed by atoms with Gasteiger partial charge in [0.1, 0.15) is 0 Å². The molecule has 0 radical (unpaired) electrons. The predicted octanol–water partition coefficient (Wildman–Crippen LogP) is 3.84. The number of nitrogens with two attached hydrogens (primary N) is 1. The van der Waals surface area contributed by atoms with E-state index in [1.54, 1.807) is 6.07 Å². The molecule has 2 aromatic rings. The minimum atomic E-state index is -0.818. The van der Waals surface area contributed by atoms with E-state index in [9.17, 15) is 8.78 Å². The third kappa shape index (κ3) is 3.20. The minimum Gasteiger partial charge on any atom is -0.399 e. The number of hydrogen-bond donors (Lipinski definition) is 1. The lowest BCUT2D eigenvalue weighted by atomic mass is 10.2. The van der Waals surface area contributed by atoms with Gasteiger partial charge in [-0.05, 0) is 35.9 Å². The van der Waals surface area contributed by atoms with Gasteiger partial charge >= 0.3 is 0 Å². The lowest BCUT2D eigenvalue weighted by Crippen LogP contribution is -1.87. The van der Waals surface area contributed by atoms with Crippen molar-refractivity contribution in [1.29, 1.82) is 0 Å². The second-order valence-electron chi connectivity index (χ2n) is 3.61. The Morgan fingerprint density at radius 2 is 1.65 bits per heavy atom. The average Bonchev–Trinajstić information content (AvgIpc) is 2.33. The monoisotopic (exact) mass is 251 g/mol. The Bertz CT molecular complexity index is 511. The Labute approximate surface area is 103 Å². The van der Waals surface area contributed by atoms with Gasteiger partial charge in [0.05, 0.1) is 0 Å². The molecular formula is C13H11F2NS. The van der Waals surface area contributed by atoms with Crippen LogP contribution >= 0.6 is 11.8 Å². The molecule has 0 spiro atoms. The maximum Gasteiger partial charge on any atom is 0.159 e. The Morgan fingerprint density at radius 1 is 0.941 bits per heavy atom. The largest absolute Gasteiger partial charge is 0.399 e. The van der Waals surface area contributed by atoms with Crippen LogP contribution in [0, 0.1) is 11.6 Å². The van der Waals surface area contributed by atoms with Crippen molar-refractivity contribution in [2.75, 3.05) is 5.73 Å². The van der Waals surface area contributed by atoms with E-state index in [0.717, 1.165) is 11.6 Å². The van der Waals surface area contributed by atoms with Crippen molar-refractivity contribution in [3.05, 3.63) is 59.7 Å². The molecule has 0 aliphatic rings. The van der Waals surface area contributed by atoms with Crippen molar-refractivity contribution in [3.63, 3.8) is 0 Å². The number of thioether (sulfide) groups is 1. The van der Waals surface area contributed by atoms with Crippen molar-refractivity contribution in [2.45, 2.75) is 10.6 Å². The van der Waals surface area contributed by atoms with Gasteiger partial charge in [0.15, 0.2) is 11.6 Å². The van der Waals surface area contributed by atoms with Crippen LogP contribution in [0.25, 0.3) is 0 Å². The summed E-state index contributed by atoms with van der Waals surface area (Å²) in [6, 6.07) is 11.4. The summed E-state index contributed by atoms with van der Waals surface area (Å²) in [5, 5.41) is 0. The summed E-state index contributed by atoms with van der Waals surface area (Å²) in [7, 11) is 0. The first kappa shape index (κ1) is 11.9. The molecule has 0 aromatic heterocycles. The molecular weight excluding hydrogens is 240 g/mol. The molecule has 0 amide bonds. The molecule has 88 valence electrons. The minimum absolute atomic E-state index is 0.700. The number of halogens is 2. The molecule has 2 N–H and O–H groups in total. The summed E-state index contributed by atoms with van der Waals surface area (Å²) in [6.07, 6.45) is 0. The molecule has 0 saturated heterocycles. The van der Waals surface area contributed by atoms with Crippen LogP contribution in [0.15, 0.2) is 47.4 Å². The average molecular weight is 251 g/mol. The number of nitrogen functional groups attached to an aromatic ring is 1. The SMILES string of the molecule is Nc1ccc(CSc2ccc(F)c(F)c2)cc1. The van der Waals surface area contributed by atoms with Crippen LogP contribution in [0.1, 0.15) is 5.56 Å². The van der Waals surface area contributed by atoms with Crippen molar-refractivity contribution >= 4 is 17.4 Å². The predicted molar refractivity (Wildman–Crippen MR) is 66.8 cm³/mol. The van der Waals surface area contributed by atoms with E-state index in [-0.39, 0.29) is 0 Å². The number of hydrogen-bond acceptors (Lipinski definition) is 2. The maximum absolute atomic E-state index is 13.0. The Hall–Kier alpha value is -1.55. The molecule has 0 heterocycles. The van der Waals surface area contributed by atoms with E-state index in [2.05, 4.69) is 0 Å². The normalized spacial score (nSPS) is 10.5. The molecule has 0 unspecified atom stereocenters. The summed E-state index contributed by atoms with van der Waals surface area (Å²) in [6.45, 7) is 0. The molecule has 0 saturated carbocycles. The van der Waals surface area contributed by atoms with Gasteiger partial charge < -0.3 is 5.73 Å². The Kier molecular flexibility index (Phi) is 3.64. The van der Waals surface area contributed by atoms with Gasteiger partial charge in [0.25, 0.3) is 0 Å². The van der Waals surface area contributed by atoms with Crippen LogP contribution in [0.2, 0.25) is 0 Å². The molecule has 2 rings (SSSR count). The molecule has 1 nitrogen and oxygen atoms in total. The summed E-state index contributed by atoms with van der Waals surface area (Å²) in [5.41, 5.74) is 7.38. The highest BCUT2D eigenvalue weighted by Crippen LogP contribution is 2.24. The highest BCUT2D eigenvalue weighted by Gasteiger charge is 2.03. The summed E-state index contributed by atoms with van der Waals surface area (Å²) < 4.78 is 25.7. The molecule has 0 aliphatic heterocycles. The second-order valence-corrected chi connectivity index (χ2v) is 4.65. The highest BCUT2D eigenvalue weighted by molar-refractivity contribution is 7.98. The first-order valence-electron chi connectivity index (χ1n) is 5.07. The van der Waals surface area contributed by atoms with Gasteiger partial charge in [-0.3, -0.25) is 0 Å². The van der Waals surface area contributed by atoms with Gasteiger partial charge in [-0.25, -0.2) is 8.78 Å². The second kappa shape index (κ2) is 5.19. The lowest BCUT2D eigenvalue weighted by molar-refractivity contribution is 0.506. The summed E-state index contributed by atoms with van der Waals surface area (Å²) in [4.78, 5) is 0.709. The summed E-state index contributed by atoms with van der Waals surface area (Å²) >= 11 is 1.45. The molecule has 0 atom stereocenters. The fourth-order valence-corrected chi connectivity index (χ4v) is 2.22. The zero-order chi connectivity index (χ0) is 12.3. The summed E-state index contributed by atoms with van der Waals surface area (Å²) in [5.74, 6) is -0.931. The van der Waals surface area contributed by atoms with Crippen molar-refractivity contribution in [2.24, 2.45) is 0 Å².